The smallest absolute Gasteiger partial charge is 0.311 e. The molecule has 0 saturated carbocycles. The Morgan fingerprint density at radius 2 is 1.22 bits per heavy atom. The second kappa shape index (κ2) is 6.17. The molecule has 16 heteroatoms. The fraction of sp³-hybridized carbons (Fsp3) is 0.636. The van der Waals surface area contributed by atoms with E-state index in [2.05, 4.69) is 16.6 Å². The minimum Gasteiger partial charge on any atom is -0.311 e. The zero-order valence-electron chi connectivity index (χ0n) is 12.3. The van der Waals surface area contributed by atoms with Crippen LogP contribution >= 0.6 is 11.6 Å². The lowest BCUT2D eigenvalue weighted by Gasteiger charge is -2.39. The van der Waals surface area contributed by atoms with Crippen molar-refractivity contribution in [2.24, 2.45) is 0 Å². The van der Waals surface area contributed by atoms with E-state index in [0.29, 0.717) is 6.92 Å². The van der Waals surface area contributed by atoms with Crippen molar-refractivity contribution in [3.8, 4) is 0 Å². The summed E-state index contributed by atoms with van der Waals surface area (Å²) in [6.07, 6.45) is 0. The number of aromatic nitrogens is 2. The second-order valence-corrected chi connectivity index (χ2v) is 5.56. The summed E-state index contributed by atoms with van der Waals surface area (Å²) >= 11 is 3.55. The lowest BCUT2D eigenvalue weighted by molar-refractivity contribution is -0.419. The van der Waals surface area contributed by atoms with Gasteiger partial charge < -0.3 is 4.98 Å². The highest BCUT2D eigenvalue weighted by Gasteiger charge is 2.90. The fourth-order valence-corrected chi connectivity index (χ4v) is 1.79. The average molecular weight is 445 g/mol. The van der Waals surface area contributed by atoms with Gasteiger partial charge in [-0.1, -0.05) is 0 Å². The third kappa shape index (κ3) is 3.23. The van der Waals surface area contributed by atoms with E-state index in [0.717, 1.165) is 0 Å². The van der Waals surface area contributed by atoms with Crippen LogP contribution in [0.2, 0.25) is 0 Å². The summed E-state index contributed by atoms with van der Waals surface area (Å²) in [6, 6.07) is -0.497. The van der Waals surface area contributed by atoms with Gasteiger partial charge in [0.1, 0.15) is 11.5 Å². The van der Waals surface area contributed by atoms with Gasteiger partial charge in [0, 0.05) is 6.07 Å². The molecule has 0 aromatic carbocycles. The third-order valence-electron chi connectivity index (χ3n) is 3.12. The van der Waals surface area contributed by atoms with Gasteiger partial charge in [0.25, 0.3) is 5.56 Å². The van der Waals surface area contributed by atoms with Crippen molar-refractivity contribution < 1.29 is 52.7 Å². The van der Waals surface area contributed by atoms with Gasteiger partial charge in [0.2, 0.25) is 0 Å². The maximum Gasteiger partial charge on any atom is 0.393 e. The predicted octanol–water partition coefficient (Wildman–Crippen LogP) is 4.54. The molecule has 0 aliphatic rings. The molecule has 3 nitrogen and oxygen atoms in total. The first-order valence-electron chi connectivity index (χ1n) is 6.19. The van der Waals surface area contributed by atoms with E-state index >= 15 is 0 Å². The fourth-order valence-electron chi connectivity index (χ4n) is 1.67. The molecule has 156 valence electrons. The summed E-state index contributed by atoms with van der Waals surface area (Å²) in [5, 5.41) is -6.51. The minimum atomic E-state index is -7.77. The van der Waals surface area contributed by atoms with Crippen LogP contribution in [0.25, 0.3) is 0 Å². The molecule has 27 heavy (non-hydrogen) atoms. The molecule has 1 aromatic rings. The predicted molar refractivity (Wildman–Crippen MR) is 64.1 cm³/mol. The van der Waals surface area contributed by atoms with E-state index in [1.807, 2.05) is 0 Å². The third-order valence-corrected chi connectivity index (χ3v) is 3.35. The molecule has 0 atom stereocenters. The Bertz CT molecular complexity index is 769. The first kappa shape index (κ1) is 23.4. The lowest BCUT2D eigenvalue weighted by Crippen LogP contribution is -2.69. The molecule has 1 heterocycles. The minimum absolute atomic E-state index is 0.497. The molecule has 0 aliphatic heterocycles. The van der Waals surface area contributed by atoms with E-state index in [1.165, 1.54) is 0 Å². The molecule has 1 rings (SSSR count). The van der Waals surface area contributed by atoms with Crippen LogP contribution in [0.5, 0.6) is 0 Å². The van der Waals surface area contributed by atoms with E-state index < -0.39 is 58.1 Å². The summed E-state index contributed by atoms with van der Waals surface area (Å²) < 4.78 is 158. The highest BCUT2D eigenvalue weighted by Crippen LogP contribution is 2.62. The number of aromatic amines is 1. The number of halogens is 13. The molecule has 0 radical (unpaired) electrons. The van der Waals surface area contributed by atoms with Gasteiger partial charge in [-0.05, 0) is 18.5 Å². The molecule has 1 aromatic heterocycles. The Hall–Kier alpha value is -1.67. The maximum absolute atomic E-state index is 13.8. The van der Waals surface area contributed by atoms with E-state index in [9.17, 15) is 57.5 Å². The average Bonchev–Trinajstić information content (AvgIpc) is 2.44. The molecule has 1 N–H and O–H groups in total. The van der Waals surface area contributed by atoms with Crippen LogP contribution in [0.1, 0.15) is 11.5 Å². The Morgan fingerprint density at radius 3 is 1.59 bits per heavy atom. The van der Waals surface area contributed by atoms with Gasteiger partial charge in [-0.15, -0.1) is 0 Å². The van der Waals surface area contributed by atoms with Gasteiger partial charge in [-0.3, -0.25) is 4.79 Å². The van der Waals surface area contributed by atoms with Crippen LogP contribution < -0.4 is 5.56 Å². The molecular weight excluding hydrogens is 440 g/mol. The first-order valence-corrected chi connectivity index (χ1v) is 6.56. The van der Waals surface area contributed by atoms with Crippen LogP contribution in [-0.4, -0.2) is 39.0 Å². The lowest BCUT2D eigenvalue weighted by atomic mass is 9.92. The molecule has 0 fully saturated rings. The van der Waals surface area contributed by atoms with E-state index in [4.69, 9.17) is 0 Å². The van der Waals surface area contributed by atoms with Crippen molar-refractivity contribution >= 4 is 11.6 Å². The number of nitrogens with zero attached hydrogens (tertiary/aromatic N) is 1. The number of nitrogens with one attached hydrogen (secondary N) is 1. The molecule has 0 amide bonds. The van der Waals surface area contributed by atoms with Crippen molar-refractivity contribution in [1.29, 1.82) is 0 Å². The highest BCUT2D eigenvalue weighted by molar-refractivity contribution is 6.22. The number of H-pyrrole nitrogens is 1. The molecule has 0 unspecified atom stereocenters. The summed E-state index contributed by atoms with van der Waals surface area (Å²) in [6.45, 7) is 0.702. The molecule has 0 spiro atoms. The van der Waals surface area contributed by atoms with E-state index in [-0.39, 0.29) is 0 Å². The Balaban J connectivity index is 3.65. The summed E-state index contributed by atoms with van der Waals surface area (Å²) in [5.74, 6) is -37.6. The number of alkyl halides is 13. The van der Waals surface area contributed by atoms with Crippen LogP contribution in [0, 0.1) is 6.92 Å². The maximum atomic E-state index is 13.8. The summed E-state index contributed by atoms with van der Waals surface area (Å²) in [4.78, 5) is 15.2. The standard InChI is InChI=1S/C11H5ClF12N2O/c1-3-25-4(2-5(27)26-3)6(13,14)7(15,16)8(17,18)9(19,20)10(21,22)11(12,23)24/h2H,1H3,(H,25,26,27). The molecule has 0 aliphatic carbocycles. The van der Waals surface area contributed by atoms with Gasteiger partial charge in [-0.25, -0.2) is 4.98 Å². The Labute approximate surface area is 145 Å². The van der Waals surface area contributed by atoms with Crippen molar-refractivity contribution in [3.05, 3.63) is 27.9 Å². The zero-order valence-corrected chi connectivity index (χ0v) is 13.1. The molecule has 0 bridgehead atoms. The second-order valence-electron chi connectivity index (χ2n) is 5.09. The SMILES string of the molecule is Cc1nc(C(F)(F)C(F)(F)C(F)(F)C(F)(F)C(F)(F)C(F)(F)Cl)cc(=O)[nH]1. The number of rotatable bonds is 6. The van der Waals surface area contributed by atoms with Crippen LogP contribution in [-0.2, 0) is 5.92 Å². The highest BCUT2D eigenvalue weighted by atomic mass is 35.5. The topological polar surface area (TPSA) is 45.8 Å². The summed E-state index contributed by atoms with van der Waals surface area (Å²) in [5.41, 5.74) is -4.11. The monoisotopic (exact) mass is 444 g/mol. The van der Waals surface area contributed by atoms with Crippen LogP contribution in [0.4, 0.5) is 52.7 Å². The molecule has 0 saturated heterocycles. The largest absolute Gasteiger partial charge is 0.393 e. The zero-order chi connectivity index (χ0) is 21.9. The Morgan fingerprint density at radius 1 is 0.815 bits per heavy atom. The number of hydrogen-bond acceptors (Lipinski definition) is 2. The van der Waals surface area contributed by atoms with Crippen molar-refractivity contribution in [2.75, 3.05) is 0 Å². The first-order chi connectivity index (χ1) is 11.6. The normalized spacial score (nSPS) is 15.2. The molecular formula is C11H5ClF12N2O. The summed E-state index contributed by atoms with van der Waals surface area (Å²) in [7, 11) is 0. The van der Waals surface area contributed by atoms with Gasteiger partial charge in [0.05, 0.1) is 0 Å². The number of hydrogen-bond donors (Lipinski definition) is 1. The Kier molecular flexibility index (Phi) is 5.34. The van der Waals surface area contributed by atoms with Crippen molar-refractivity contribution in [3.63, 3.8) is 0 Å². The van der Waals surface area contributed by atoms with Crippen molar-refractivity contribution in [2.45, 2.75) is 41.9 Å². The van der Waals surface area contributed by atoms with Crippen LogP contribution in [0.15, 0.2) is 10.9 Å². The van der Waals surface area contributed by atoms with Gasteiger partial charge >= 0.3 is 35.0 Å². The van der Waals surface area contributed by atoms with E-state index in [1.54, 1.807) is 4.98 Å². The van der Waals surface area contributed by atoms with Gasteiger partial charge in [-0.2, -0.15) is 52.7 Å². The number of aryl methyl sites for hydroxylation is 1. The van der Waals surface area contributed by atoms with Crippen molar-refractivity contribution in [1.82, 2.24) is 9.97 Å². The van der Waals surface area contributed by atoms with Gasteiger partial charge in [0.15, 0.2) is 0 Å². The quantitative estimate of drug-likeness (QED) is 0.517. The van der Waals surface area contributed by atoms with Crippen LogP contribution in [0.3, 0.4) is 0 Å².